The molecule has 1 atom stereocenters. The third kappa shape index (κ3) is 1.06. The summed E-state index contributed by atoms with van der Waals surface area (Å²) in [5.41, 5.74) is 3.07. The van der Waals surface area contributed by atoms with Crippen LogP contribution in [0.1, 0.15) is 24.8 Å². The van der Waals surface area contributed by atoms with Crippen LogP contribution in [0.5, 0.6) is 0 Å². The van der Waals surface area contributed by atoms with Gasteiger partial charge in [0.1, 0.15) is 0 Å². The van der Waals surface area contributed by atoms with Crippen molar-refractivity contribution in [2.45, 2.75) is 31.7 Å². The SMILES string of the molecule is c1ccc2c(c1)CC1CCCCN21. The Morgan fingerprint density at radius 3 is 3.08 bits per heavy atom. The van der Waals surface area contributed by atoms with E-state index in [1.165, 1.54) is 37.9 Å². The van der Waals surface area contributed by atoms with Crippen LogP contribution in [0.25, 0.3) is 0 Å². The molecule has 0 radical (unpaired) electrons. The average molecular weight is 173 g/mol. The Morgan fingerprint density at radius 2 is 2.08 bits per heavy atom. The Kier molecular flexibility index (Phi) is 1.58. The molecular weight excluding hydrogens is 158 g/mol. The molecule has 1 nitrogen and oxygen atoms in total. The summed E-state index contributed by atoms with van der Waals surface area (Å²) in [6, 6.07) is 9.72. The van der Waals surface area contributed by atoms with Gasteiger partial charge in [0.25, 0.3) is 0 Å². The maximum absolute atomic E-state index is 2.61. The van der Waals surface area contributed by atoms with Crippen molar-refractivity contribution in [3.8, 4) is 0 Å². The fraction of sp³-hybridized carbons (Fsp3) is 0.500. The maximum Gasteiger partial charge on any atom is 0.0402 e. The summed E-state index contributed by atoms with van der Waals surface area (Å²) < 4.78 is 0. The molecule has 0 aliphatic carbocycles. The molecule has 1 unspecified atom stereocenters. The molecule has 0 saturated carbocycles. The van der Waals surface area contributed by atoms with Crippen molar-refractivity contribution in [3.05, 3.63) is 29.8 Å². The summed E-state index contributed by atoms with van der Waals surface area (Å²) in [5.74, 6) is 0. The fourth-order valence-corrected chi connectivity index (χ4v) is 2.75. The summed E-state index contributed by atoms with van der Waals surface area (Å²) in [4.78, 5) is 2.61. The lowest BCUT2D eigenvalue weighted by Gasteiger charge is -2.31. The smallest absolute Gasteiger partial charge is 0.0402 e. The van der Waals surface area contributed by atoms with E-state index in [0.29, 0.717) is 0 Å². The number of fused-ring (bicyclic) bond motifs is 3. The number of benzene rings is 1. The number of hydrogen-bond donors (Lipinski definition) is 0. The first-order chi connectivity index (χ1) is 6.45. The molecular formula is C12H15N. The van der Waals surface area contributed by atoms with Gasteiger partial charge in [-0.05, 0) is 37.3 Å². The van der Waals surface area contributed by atoms with Gasteiger partial charge in [0, 0.05) is 18.3 Å². The second-order valence-electron chi connectivity index (χ2n) is 4.18. The predicted octanol–water partition coefficient (Wildman–Crippen LogP) is 2.60. The van der Waals surface area contributed by atoms with E-state index in [-0.39, 0.29) is 0 Å². The monoisotopic (exact) mass is 173 g/mol. The van der Waals surface area contributed by atoms with E-state index in [2.05, 4.69) is 29.2 Å². The van der Waals surface area contributed by atoms with Crippen LogP contribution in [0.4, 0.5) is 5.69 Å². The van der Waals surface area contributed by atoms with Gasteiger partial charge in [-0.3, -0.25) is 0 Å². The Bertz CT molecular complexity index is 319. The number of rotatable bonds is 0. The second kappa shape index (κ2) is 2.76. The van der Waals surface area contributed by atoms with E-state index in [1.807, 2.05) is 0 Å². The Morgan fingerprint density at radius 1 is 1.15 bits per heavy atom. The molecule has 68 valence electrons. The third-order valence-corrected chi connectivity index (χ3v) is 3.38. The second-order valence-corrected chi connectivity index (χ2v) is 4.18. The zero-order chi connectivity index (χ0) is 8.67. The Labute approximate surface area is 79.4 Å². The van der Waals surface area contributed by atoms with Crippen molar-refractivity contribution in [2.75, 3.05) is 11.4 Å². The number of hydrogen-bond acceptors (Lipinski definition) is 1. The molecule has 1 aromatic carbocycles. The van der Waals surface area contributed by atoms with E-state index in [4.69, 9.17) is 0 Å². The number of para-hydroxylation sites is 1. The molecule has 0 amide bonds. The zero-order valence-electron chi connectivity index (χ0n) is 7.87. The third-order valence-electron chi connectivity index (χ3n) is 3.38. The summed E-state index contributed by atoms with van der Waals surface area (Å²) in [5, 5.41) is 0. The van der Waals surface area contributed by atoms with Gasteiger partial charge >= 0.3 is 0 Å². The molecule has 1 heteroatoms. The van der Waals surface area contributed by atoms with Gasteiger partial charge in [-0.2, -0.15) is 0 Å². The summed E-state index contributed by atoms with van der Waals surface area (Å²) >= 11 is 0. The van der Waals surface area contributed by atoms with Crippen LogP contribution >= 0.6 is 0 Å². The highest BCUT2D eigenvalue weighted by atomic mass is 15.2. The van der Waals surface area contributed by atoms with E-state index in [1.54, 1.807) is 5.56 Å². The molecule has 0 N–H and O–H groups in total. The number of nitrogens with zero attached hydrogens (tertiary/aromatic N) is 1. The number of anilines is 1. The lowest BCUT2D eigenvalue weighted by molar-refractivity contribution is 0.478. The van der Waals surface area contributed by atoms with Crippen LogP contribution in [-0.2, 0) is 6.42 Å². The van der Waals surface area contributed by atoms with Crippen molar-refractivity contribution >= 4 is 5.69 Å². The van der Waals surface area contributed by atoms with Gasteiger partial charge in [0.2, 0.25) is 0 Å². The number of piperidine rings is 1. The first kappa shape index (κ1) is 7.43. The van der Waals surface area contributed by atoms with Crippen molar-refractivity contribution in [1.29, 1.82) is 0 Å². The zero-order valence-corrected chi connectivity index (χ0v) is 7.87. The van der Waals surface area contributed by atoms with Gasteiger partial charge < -0.3 is 4.90 Å². The lowest BCUT2D eigenvalue weighted by atomic mass is 10.0. The molecule has 0 spiro atoms. The minimum Gasteiger partial charge on any atom is -0.368 e. The topological polar surface area (TPSA) is 3.24 Å². The normalized spacial score (nSPS) is 25.5. The highest BCUT2D eigenvalue weighted by molar-refractivity contribution is 5.59. The molecule has 1 saturated heterocycles. The summed E-state index contributed by atoms with van der Waals surface area (Å²) in [6.45, 7) is 1.28. The molecule has 2 aliphatic rings. The molecule has 1 aromatic rings. The van der Waals surface area contributed by atoms with Gasteiger partial charge in [-0.1, -0.05) is 18.2 Å². The van der Waals surface area contributed by atoms with Crippen LogP contribution in [0, 0.1) is 0 Å². The van der Waals surface area contributed by atoms with Gasteiger partial charge in [-0.25, -0.2) is 0 Å². The van der Waals surface area contributed by atoms with Crippen LogP contribution in [-0.4, -0.2) is 12.6 Å². The van der Waals surface area contributed by atoms with Crippen molar-refractivity contribution in [3.63, 3.8) is 0 Å². The largest absolute Gasteiger partial charge is 0.368 e. The van der Waals surface area contributed by atoms with Gasteiger partial charge in [0.15, 0.2) is 0 Å². The molecule has 2 heterocycles. The molecule has 2 aliphatic heterocycles. The fourth-order valence-electron chi connectivity index (χ4n) is 2.75. The van der Waals surface area contributed by atoms with E-state index in [0.717, 1.165) is 6.04 Å². The highest BCUT2D eigenvalue weighted by Crippen LogP contribution is 2.36. The van der Waals surface area contributed by atoms with Gasteiger partial charge in [0.05, 0.1) is 0 Å². The predicted molar refractivity (Wildman–Crippen MR) is 55.1 cm³/mol. The molecule has 3 rings (SSSR count). The minimum absolute atomic E-state index is 0.825. The molecule has 0 aromatic heterocycles. The van der Waals surface area contributed by atoms with Crippen molar-refractivity contribution in [1.82, 2.24) is 0 Å². The maximum atomic E-state index is 2.61. The highest BCUT2D eigenvalue weighted by Gasteiger charge is 2.30. The molecule has 0 bridgehead atoms. The van der Waals surface area contributed by atoms with E-state index >= 15 is 0 Å². The Balaban J connectivity index is 2.01. The lowest BCUT2D eigenvalue weighted by Crippen LogP contribution is -2.36. The summed E-state index contributed by atoms with van der Waals surface area (Å²) in [6.07, 6.45) is 5.49. The van der Waals surface area contributed by atoms with Crippen LogP contribution in [0.3, 0.4) is 0 Å². The van der Waals surface area contributed by atoms with E-state index < -0.39 is 0 Å². The van der Waals surface area contributed by atoms with Gasteiger partial charge in [-0.15, -0.1) is 0 Å². The Hall–Kier alpha value is -0.980. The van der Waals surface area contributed by atoms with Crippen LogP contribution in [0.2, 0.25) is 0 Å². The minimum atomic E-state index is 0.825. The van der Waals surface area contributed by atoms with Crippen molar-refractivity contribution in [2.24, 2.45) is 0 Å². The molecule has 13 heavy (non-hydrogen) atoms. The van der Waals surface area contributed by atoms with E-state index in [9.17, 15) is 0 Å². The van der Waals surface area contributed by atoms with Crippen molar-refractivity contribution < 1.29 is 0 Å². The average Bonchev–Trinajstić information content (AvgIpc) is 2.56. The quantitative estimate of drug-likeness (QED) is 0.583. The van der Waals surface area contributed by atoms with Crippen LogP contribution < -0.4 is 4.90 Å². The summed E-state index contributed by atoms with van der Waals surface area (Å²) in [7, 11) is 0. The first-order valence-corrected chi connectivity index (χ1v) is 5.30. The van der Waals surface area contributed by atoms with Crippen LogP contribution in [0.15, 0.2) is 24.3 Å². The first-order valence-electron chi connectivity index (χ1n) is 5.30. The molecule has 1 fully saturated rings. The standard InChI is InChI=1S/C12H15N/c1-2-7-12-10(5-1)9-11-6-3-4-8-13(11)12/h1-2,5,7,11H,3-4,6,8-9H2.